The Morgan fingerprint density at radius 3 is 2.78 bits per heavy atom. The van der Waals surface area contributed by atoms with Gasteiger partial charge in [-0.25, -0.2) is 9.97 Å². The normalized spacial score (nSPS) is 29.2. The van der Waals surface area contributed by atoms with E-state index in [2.05, 4.69) is 55.8 Å². The minimum atomic E-state index is 0.423. The van der Waals surface area contributed by atoms with Crippen LogP contribution in [0.25, 0.3) is 10.9 Å². The number of aryl methyl sites for hydroxylation is 1. The highest BCUT2D eigenvalue weighted by Gasteiger charge is 2.50. The van der Waals surface area contributed by atoms with Gasteiger partial charge in [0.05, 0.1) is 5.52 Å². The summed E-state index contributed by atoms with van der Waals surface area (Å²) in [6.45, 7) is 10.6. The summed E-state index contributed by atoms with van der Waals surface area (Å²) in [5, 5.41) is 1.22. The monoisotopic (exact) mass is 309 g/mol. The average Bonchev–Trinajstić information content (AvgIpc) is 2.75. The van der Waals surface area contributed by atoms with Crippen molar-refractivity contribution >= 4 is 16.7 Å². The largest absolute Gasteiger partial charge is 0.352 e. The van der Waals surface area contributed by atoms with Gasteiger partial charge >= 0.3 is 0 Å². The molecule has 0 N–H and O–H groups in total. The predicted octanol–water partition coefficient (Wildman–Crippen LogP) is 4.60. The van der Waals surface area contributed by atoms with Crippen LogP contribution in [0.4, 0.5) is 5.82 Å². The number of hydrogen-bond donors (Lipinski definition) is 0. The van der Waals surface area contributed by atoms with Crippen LogP contribution in [0.5, 0.6) is 0 Å². The van der Waals surface area contributed by atoms with E-state index in [1.807, 2.05) is 0 Å². The number of fused-ring (bicyclic) bond motifs is 3. The number of nitrogens with zero attached hydrogens (tertiary/aromatic N) is 3. The Labute approximate surface area is 139 Å². The maximum atomic E-state index is 4.72. The molecule has 2 atom stereocenters. The van der Waals surface area contributed by atoms with Crippen molar-refractivity contribution in [1.29, 1.82) is 0 Å². The maximum absolute atomic E-state index is 4.72. The van der Waals surface area contributed by atoms with Crippen molar-refractivity contribution in [2.24, 2.45) is 10.8 Å². The fraction of sp³-hybridized carbons (Fsp3) is 0.600. The van der Waals surface area contributed by atoms with Gasteiger partial charge < -0.3 is 4.90 Å². The molecule has 1 aliphatic carbocycles. The van der Waals surface area contributed by atoms with Gasteiger partial charge in [0.1, 0.15) is 12.1 Å². The molecule has 2 fully saturated rings. The Morgan fingerprint density at radius 2 is 2.00 bits per heavy atom. The van der Waals surface area contributed by atoms with Crippen molar-refractivity contribution in [1.82, 2.24) is 9.97 Å². The van der Waals surface area contributed by atoms with Gasteiger partial charge in [-0.3, -0.25) is 0 Å². The second-order valence-corrected chi connectivity index (χ2v) is 8.74. The van der Waals surface area contributed by atoms with Crippen LogP contribution in [0.1, 0.15) is 52.5 Å². The number of rotatable bonds is 2. The minimum absolute atomic E-state index is 0.423. The first-order chi connectivity index (χ1) is 10.9. The quantitative estimate of drug-likeness (QED) is 0.812. The Hall–Kier alpha value is -1.64. The molecule has 3 heteroatoms. The molecule has 0 amide bonds. The third kappa shape index (κ3) is 2.50. The molecule has 1 aromatic heterocycles. The van der Waals surface area contributed by atoms with E-state index in [9.17, 15) is 0 Å². The van der Waals surface area contributed by atoms with Crippen LogP contribution in [0.2, 0.25) is 0 Å². The summed E-state index contributed by atoms with van der Waals surface area (Å²) in [6, 6.07) is 7.24. The molecular weight excluding hydrogens is 282 g/mol. The maximum Gasteiger partial charge on any atom is 0.140 e. The molecule has 2 aromatic rings. The summed E-state index contributed by atoms with van der Waals surface area (Å²) >= 11 is 0. The van der Waals surface area contributed by atoms with E-state index in [4.69, 9.17) is 4.98 Å². The molecule has 1 aliphatic heterocycles. The van der Waals surface area contributed by atoms with E-state index in [1.54, 1.807) is 6.33 Å². The molecule has 0 radical (unpaired) electrons. The Balaban J connectivity index is 1.81. The highest BCUT2D eigenvalue weighted by atomic mass is 15.3. The summed E-state index contributed by atoms with van der Waals surface area (Å²) in [5.74, 6) is 1.15. The molecule has 122 valence electrons. The highest BCUT2D eigenvalue weighted by molar-refractivity contribution is 5.90. The molecule has 3 nitrogen and oxygen atoms in total. The lowest BCUT2D eigenvalue weighted by Gasteiger charge is -2.39. The lowest BCUT2D eigenvalue weighted by Crippen LogP contribution is -2.35. The molecule has 23 heavy (non-hydrogen) atoms. The zero-order valence-corrected chi connectivity index (χ0v) is 14.8. The van der Waals surface area contributed by atoms with Crippen molar-refractivity contribution in [3.05, 3.63) is 30.1 Å². The van der Waals surface area contributed by atoms with Crippen molar-refractivity contribution in [2.75, 3.05) is 11.4 Å². The third-order valence-electron chi connectivity index (χ3n) is 5.77. The van der Waals surface area contributed by atoms with Crippen LogP contribution < -0.4 is 4.90 Å². The Kier molecular flexibility index (Phi) is 3.20. The summed E-state index contributed by atoms with van der Waals surface area (Å²) in [7, 11) is 0. The van der Waals surface area contributed by atoms with E-state index >= 15 is 0 Å². The van der Waals surface area contributed by atoms with Crippen molar-refractivity contribution < 1.29 is 0 Å². The average molecular weight is 309 g/mol. The van der Waals surface area contributed by atoms with Crippen molar-refractivity contribution in [3.8, 4) is 0 Å². The van der Waals surface area contributed by atoms with Crippen LogP contribution in [-0.4, -0.2) is 22.6 Å². The van der Waals surface area contributed by atoms with Gasteiger partial charge in [-0.15, -0.1) is 0 Å². The molecule has 2 aliphatic rings. The van der Waals surface area contributed by atoms with E-state index in [0.29, 0.717) is 16.9 Å². The smallest absolute Gasteiger partial charge is 0.140 e. The fourth-order valence-electron chi connectivity index (χ4n) is 5.25. The van der Waals surface area contributed by atoms with Crippen LogP contribution in [-0.2, 0) is 6.42 Å². The third-order valence-corrected chi connectivity index (χ3v) is 5.77. The number of benzene rings is 1. The molecule has 0 spiro atoms. The van der Waals surface area contributed by atoms with Crippen molar-refractivity contribution in [3.63, 3.8) is 0 Å². The van der Waals surface area contributed by atoms with Gasteiger partial charge in [0.25, 0.3) is 0 Å². The van der Waals surface area contributed by atoms with Gasteiger partial charge in [0, 0.05) is 18.0 Å². The standard InChI is InChI=1S/C20H27N3/c1-5-14-6-7-17-16(8-14)18(22-13-21-17)23-12-20(4)10-15(23)9-19(2,3)11-20/h6-8,13,15H,5,9-12H2,1-4H3. The summed E-state index contributed by atoms with van der Waals surface area (Å²) in [5.41, 5.74) is 3.29. The van der Waals surface area contributed by atoms with E-state index in [0.717, 1.165) is 24.3 Å². The van der Waals surface area contributed by atoms with Crippen LogP contribution in [0, 0.1) is 10.8 Å². The first-order valence-electron chi connectivity index (χ1n) is 8.89. The van der Waals surface area contributed by atoms with Gasteiger partial charge in [-0.05, 0) is 54.2 Å². The lowest BCUT2D eigenvalue weighted by atomic mass is 9.65. The first kappa shape index (κ1) is 14.9. The molecule has 1 saturated heterocycles. The number of anilines is 1. The second-order valence-electron chi connectivity index (χ2n) is 8.74. The van der Waals surface area contributed by atoms with Gasteiger partial charge in [-0.1, -0.05) is 33.8 Å². The predicted molar refractivity (Wildman–Crippen MR) is 95.8 cm³/mol. The summed E-state index contributed by atoms with van der Waals surface area (Å²) in [6.07, 6.45) is 6.67. The molecule has 1 aromatic carbocycles. The van der Waals surface area contributed by atoms with Gasteiger partial charge in [-0.2, -0.15) is 0 Å². The van der Waals surface area contributed by atoms with Crippen LogP contribution >= 0.6 is 0 Å². The molecule has 2 heterocycles. The van der Waals surface area contributed by atoms with Crippen LogP contribution in [0.3, 0.4) is 0 Å². The first-order valence-corrected chi connectivity index (χ1v) is 8.89. The van der Waals surface area contributed by atoms with E-state index in [-0.39, 0.29) is 0 Å². The molecule has 4 rings (SSSR count). The SMILES string of the molecule is CCc1ccc2ncnc(N3CC4(C)CC3CC(C)(C)C4)c2c1. The number of hydrogen-bond acceptors (Lipinski definition) is 3. The minimum Gasteiger partial charge on any atom is -0.352 e. The second kappa shape index (κ2) is 4.93. The van der Waals surface area contributed by atoms with E-state index in [1.165, 1.54) is 30.2 Å². The van der Waals surface area contributed by atoms with Crippen molar-refractivity contribution in [2.45, 2.75) is 59.4 Å². The lowest BCUT2D eigenvalue weighted by molar-refractivity contribution is 0.136. The summed E-state index contributed by atoms with van der Waals surface area (Å²) in [4.78, 5) is 11.8. The molecule has 2 bridgehead atoms. The zero-order chi connectivity index (χ0) is 16.2. The number of aromatic nitrogens is 2. The van der Waals surface area contributed by atoms with Gasteiger partial charge in [0.15, 0.2) is 0 Å². The topological polar surface area (TPSA) is 29.0 Å². The summed E-state index contributed by atoms with van der Waals surface area (Å²) < 4.78 is 0. The Bertz CT molecular complexity index is 752. The Morgan fingerprint density at radius 1 is 1.17 bits per heavy atom. The van der Waals surface area contributed by atoms with E-state index < -0.39 is 0 Å². The highest BCUT2D eigenvalue weighted by Crippen LogP contribution is 2.53. The zero-order valence-electron chi connectivity index (χ0n) is 14.8. The fourth-order valence-corrected chi connectivity index (χ4v) is 5.25. The molecule has 2 unspecified atom stereocenters. The molecular formula is C20H27N3. The van der Waals surface area contributed by atoms with Crippen LogP contribution in [0.15, 0.2) is 24.5 Å². The van der Waals surface area contributed by atoms with Gasteiger partial charge in [0.2, 0.25) is 0 Å². The molecule has 1 saturated carbocycles.